The average molecular weight is 313 g/mol. The molecule has 0 bridgehead atoms. The van der Waals surface area contributed by atoms with Crippen LogP contribution in [0.3, 0.4) is 0 Å². The summed E-state index contributed by atoms with van der Waals surface area (Å²) < 4.78 is 11.2. The maximum absolute atomic E-state index is 10.2. The van der Waals surface area contributed by atoms with Crippen molar-refractivity contribution in [2.45, 2.75) is 49.7 Å². The number of likely N-dealkylation sites (tertiary alicyclic amines) is 1. The summed E-state index contributed by atoms with van der Waals surface area (Å²) in [6.07, 6.45) is 5.29. The summed E-state index contributed by atoms with van der Waals surface area (Å²) in [7, 11) is 0. The van der Waals surface area contributed by atoms with E-state index in [4.69, 9.17) is 9.26 Å². The molecule has 7 heteroatoms. The zero-order valence-corrected chi connectivity index (χ0v) is 13.3. The molecule has 0 aromatic carbocycles. The summed E-state index contributed by atoms with van der Waals surface area (Å²) in [4.78, 5) is 6.69. The number of aromatic nitrogens is 2. The van der Waals surface area contributed by atoms with Gasteiger partial charge in [-0.1, -0.05) is 5.16 Å². The minimum absolute atomic E-state index is 0.312. The molecule has 2 fully saturated rings. The quantitative estimate of drug-likeness (QED) is 0.901. The van der Waals surface area contributed by atoms with Gasteiger partial charge in [0, 0.05) is 19.7 Å². The lowest BCUT2D eigenvalue weighted by Crippen LogP contribution is -2.55. The molecule has 1 spiro atoms. The fraction of sp³-hybridized carbons (Fsp3) is 0.857. The first-order valence-electron chi connectivity index (χ1n) is 7.57. The first-order valence-corrected chi connectivity index (χ1v) is 8.96. The second-order valence-electron chi connectivity index (χ2n) is 5.88. The van der Waals surface area contributed by atoms with Crippen molar-refractivity contribution < 1.29 is 14.4 Å². The highest BCUT2D eigenvalue weighted by Gasteiger charge is 2.43. The van der Waals surface area contributed by atoms with Crippen LogP contribution >= 0.6 is 11.8 Å². The highest BCUT2D eigenvalue weighted by molar-refractivity contribution is 7.97. The van der Waals surface area contributed by atoms with Gasteiger partial charge in [0.25, 0.3) is 0 Å². The van der Waals surface area contributed by atoms with E-state index in [2.05, 4.69) is 15.0 Å². The van der Waals surface area contributed by atoms with Crippen LogP contribution in [0, 0.1) is 0 Å². The SMILES string of the molecule is CSCc1noc(CN2CCC3(CC2)OCCC[C@H]3O)n1. The van der Waals surface area contributed by atoms with Crippen LogP contribution in [-0.4, -0.2) is 57.8 Å². The monoisotopic (exact) mass is 313 g/mol. The molecule has 0 aliphatic carbocycles. The zero-order chi connectivity index (χ0) is 14.7. The smallest absolute Gasteiger partial charge is 0.240 e. The largest absolute Gasteiger partial charge is 0.390 e. The van der Waals surface area contributed by atoms with Gasteiger partial charge in [0.1, 0.15) is 0 Å². The fourth-order valence-electron chi connectivity index (χ4n) is 3.21. The lowest BCUT2D eigenvalue weighted by atomic mass is 9.82. The normalized spacial score (nSPS) is 26.3. The minimum atomic E-state index is -0.315. The predicted octanol–water partition coefficient (Wildman–Crippen LogP) is 1.44. The number of hydrogen-bond acceptors (Lipinski definition) is 7. The first kappa shape index (κ1) is 15.3. The Morgan fingerprint density at radius 2 is 2.24 bits per heavy atom. The maximum Gasteiger partial charge on any atom is 0.240 e. The van der Waals surface area contributed by atoms with Gasteiger partial charge in [-0.15, -0.1) is 0 Å². The number of aliphatic hydroxyl groups excluding tert-OH is 1. The Bertz CT molecular complexity index is 460. The third kappa shape index (κ3) is 3.41. The van der Waals surface area contributed by atoms with E-state index in [0.717, 1.165) is 57.0 Å². The summed E-state index contributed by atoms with van der Waals surface area (Å²) in [5, 5.41) is 14.2. The Kier molecular flexibility index (Phi) is 4.83. The van der Waals surface area contributed by atoms with Gasteiger partial charge in [-0.05, 0) is 31.9 Å². The lowest BCUT2D eigenvalue weighted by molar-refractivity contribution is -0.177. The molecule has 3 heterocycles. The van der Waals surface area contributed by atoms with Crippen molar-refractivity contribution in [3.63, 3.8) is 0 Å². The molecule has 118 valence electrons. The number of thioether (sulfide) groups is 1. The second kappa shape index (κ2) is 6.64. The van der Waals surface area contributed by atoms with Gasteiger partial charge in [-0.3, -0.25) is 4.90 Å². The van der Waals surface area contributed by atoms with Crippen LogP contribution in [0.25, 0.3) is 0 Å². The summed E-state index contributed by atoms with van der Waals surface area (Å²) in [6.45, 7) is 3.26. The number of hydrogen-bond donors (Lipinski definition) is 1. The van der Waals surface area contributed by atoms with E-state index in [-0.39, 0.29) is 11.7 Å². The predicted molar refractivity (Wildman–Crippen MR) is 80.0 cm³/mol. The molecule has 0 saturated carbocycles. The van der Waals surface area contributed by atoms with Crippen LogP contribution in [0.5, 0.6) is 0 Å². The topological polar surface area (TPSA) is 71.6 Å². The van der Waals surface area contributed by atoms with Gasteiger partial charge in [-0.2, -0.15) is 16.7 Å². The summed E-state index contributed by atoms with van der Waals surface area (Å²) in [6, 6.07) is 0. The molecule has 2 aliphatic heterocycles. The molecule has 1 atom stereocenters. The molecule has 21 heavy (non-hydrogen) atoms. The van der Waals surface area contributed by atoms with Gasteiger partial charge in [-0.25, -0.2) is 0 Å². The van der Waals surface area contributed by atoms with Gasteiger partial charge in [0.05, 0.1) is 24.0 Å². The highest BCUT2D eigenvalue weighted by atomic mass is 32.2. The summed E-state index contributed by atoms with van der Waals surface area (Å²) >= 11 is 1.69. The number of rotatable bonds is 4. The van der Waals surface area contributed by atoms with Crippen molar-refractivity contribution in [3.05, 3.63) is 11.7 Å². The molecule has 1 aromatic heterocycles. The Labute approximate surface area is 129 Å². The average Bonchev–Trinajstić information content (AvgIpc) is 2.92. The summed E-state index contributed by atoms with van der Waals surface area (Å²) in [5.74, 6) is 2.23. The highest BCUT2D eigenvalue weighted by Crippen LogP contribution is 2.35. The van der Waals surface area contributed by atoms with Crippen molar-refractivity contribution in [1.82, 2.24) is 15.0 Å². The van der Waals surface area contributed by atoms with E-state index < -0.39 is 0 Å². The third-order valence-corrected chi connectivity index (χ3v) is 5.01. The molecule has 1 N–H and O–H groups in total. The van der Waals surface area contributed by atoms with E-state index in [0.29, 0.717) is 12.4 Å². The molecule has 2 aliphatic rings. The Balaban J connectivity index is 1.53. The fourth-order valence-corrected chi connectivity index (χ4v) is 3.59. The van der Waals surface area contributed by atoms with Crippen LogP contribution < -0.4 is 0 Å². The van der Waals surface area contributed by atoms with Crippen LogP contribution in [0.2, 0.25) is 0 Å². The molecule has 3 rings (SSSR count). The molecule has 0 radical (unpaired) electrons. The number of aliphatic hydroxyl groups is 1. The molecule has 2 saturated heterocycles. The number of piperidine rings is 1. The van der Waals surface area contributed by atoms with Crippen molar-refractivity contribution in [3.8, 4) is 0 Å². The Morgan fingerprint density at radius 1 is 1.43 bits per heavy atom. The molecule has 0 amide bonds. The van der Waals surface area contributed by atoms with Crippen molar-refractivity contribution in [2.75, 3.05) is 26.0 Å². The van der Waals surface area contributed by atoms with Crippen molar-refractivity contribution >= 4 is 11.8 Å². The molecule has 1 aromatic rings. The molecular formula is C14H23N3O3S. The summed E-state index contributed by atoms with van der Waals surface area (Å²) in [5.41, 5.74) is -0.312. The van der Waals surface area contributed by atoms with Crippen LogP contribution in [0.1, 0.15) is 37.4 Å². The molecule has 0 unspecified atom stereocenters. The van der Waals surface area contributed by atoms with E-state index in [9.17, 15) is 5.11 Å². The Morgan fingerprint density at radius 3 is 2.95 bits per heavy atom. The van der Waals surface area contributed by atoms with Crippen LogP contribution in [-0.2, 0) is 17.0 Å². The van der Waals surface area contributed by atoms with Crippen LogP contribution in [0.15, 0.2) is 4.52 Å². The standard InChI is InChI=1S/C14H23N3O3S/c1-21-10-12-15-13(20-16-12)9-17-6-4-14(5-7-17)11(18)3-2-8-19-14/h11,18H,2-10H2,1H3/t11-/m1/s1. The van der Waals surface area contributed by atoms with E-state index in [1.807, 2.05) is 6.26 Å². The van der Waals surface area contributed by atoms with E-state index in [1.54, 1.807) is 11.8 Å². The van der Waals surface area contributed by atoms with Gasteiger partial charge >= 0.3 is 0 Å². The number of ether oxygens (including phenoxy) is 1. The zero-order valence-electron chi connectivity index (χ0n) is 12.5. The van der Waals surface area contributed by atoms with E-state index >= 15 is 0 Å². The van der Waals surface area contributed by atoms with Crippen molar-refractivity contribution in [1.29, 1.82) is 0 Å². The second-order valence-corrected chi connectivity index (χ2v) is 6.75. The molecular weight excluding hydrogens is 290 g/mol. The van der Waals surface area contributed by atoms with Gasteiger partial charge in [0.2, 0.25) is 5.89 Å². The minimum Gasteiger partial charge on any atom is -0.390 e. The first-order chi connectivity index (χ1) is 10.2. The van der Waals surface area contributed by atoms with Gasteiger partial charge in [0.15, 0.2) is 5.82 Å². The van der Waals surface area contributed by atoms with Gasteiger partial charge < -0.3 is 14.4 Å². The van der Waals surface area contributed by atoms with E-state index in [1.165, 1.54) is 0 Å². The third-order valence-electron chi connectivity index (χ3n) is 4.46. The van der Waals surface area contributed by atoms with Crippen LogP contribution in [0.4, 0.5) is 0 Å². The molecule has 6 nitrogen and oxygen atoms in total. The number of nitrogens with zero attached hydrogens (tertiary/aromatic N) is 3. The van der Waals surface area contributed by atoms with Crippen molar-refractivity contribution in [2.24, 2.45) is 0 Å². The lowest BCUT2D eigenvalue weighted by Gasteiger charge is -2.46. The maximum atomic E-state index is 10.2. The Hall–Kier alpha value is -0.630.